The van der Waals surface area contributed by atoms with Crippen LogP contribution >= 0.6 is 0 Å². The van der Waals surface area contributed by atoms with Gasteiger partial charge in [0.25, 0.3) is 0 Å². The van der Waals surface area contributed by atoms with Gasteiger partial charge in [-0.25, -0.2) is 0 Å². The third kappa shape index (κ3) is 3.22. The Hall–Kier alpha value is -2.34. The van der Waals surface area contributed by atoms with Gasteiger partial charge >= 0.3 is 0 Å². The average Bonchev–Trinajstić information content (AvgIpc) is 3.16. The molecule has 3 aromatic heterocycles. The van der Waals surface area contributed by atoms with Crippen LogP contribution in [0.1, 0.15) is 16.9 Å². The van der Waals surface area contributed by atoms with Crippen molar-refractivity contribution in [1.82, 2.24) is 25.3 Å². The maximum Gasteiger partial charge on any atom is 0.152 e. The lowest BCUT2D eigenvalue weighted by atomic mass is 10.2. The SMILES string of the molecule is Cc1cnn(CCNCc2cn[nH]c2-c2ccc(C)o2)c1. The molecule has 0 aliphatic rings. The lowest BCUT2D eigenvalue weighted by molar-refractivity contribution is 0.541. The van der Waals surface area contributed by atoms with Gasteiger partial charge in [0.15, 0.2) is 5.76 Å². The lowest BCUT2D eigenvalue weighted by Crippen LogP contribution is -2.19. The summed E-state index contributed by atoms with van der Waals surface area (Å²) in [5.41, 5.74) is 3.21. The fraction of sp³-hybridized carbons (Fsp3) is 0.333. The molecule has 3 heterocycles. The van der Waals surface area contributed by atoms with Crippen molar-refractivity contribution in [3.8, 4) is 11.5 Å². The third-order valence-electron chi connectivity index (χ3n) is 3.30. The zero-order valence-electron chi connectivity index (χ0n) is 12.3. The van der Waals surface area contributed by atoms with E-state index in [1.165, 1.54) is 5.56 Å². The maximum absolute atomic E-state index is 5.63. The molecule has 0 spiro atoms. The average molecular weight is 285 g/mol. The van der Waals surface area contributed by atoms with Crippen LogP contribution in [0.3, 0.4) is 0 Å². The van der Waals surface area contributed by atoms with E-state index in [0.29, 0.717) is 0 Å². The highest BCUT2D eigenvalue weighted by molar-refractivity contribution is 5.56. The Morgan fingerprint density at radius 1 is 1.29 bits per heavy atom. The summed E-state index contributed by atoms with van der Waals surface area (Å²) in [5, 5.41) is 14.8. The molecule has 0 aromatic carbocycles. The summed E-state index contributed by atoms with van der Waals surface area (Å²) in [4.78, 5) is 0. The van der Waals surface area contributed by atoms with E-state index in [2.05, 4.69) is 20.6 Å². The zero-order valence-corrected chi connectivity index (χ0v) is 12.3. The molecule has 110 valence electrons. The summed E-state index contributed by atoms with van der Waals surface area (Å²) in [6.07, 6.45) is 5.74. The van der Waals surface area contributed by atoms with Crippen molar-refractivity contribution in [2.45, 2.75) is 26.9 Å². The molecule has 0 atom stereocenters. The second-order valence-corrected chi connectivity index (χ2v) is 5.14. The van der Waals surface area contributed by atoms with Gasteiger partial charge in [-0.15, -0.1) is 0 Å². The van der Waals surface area contributed by atoms with Gasteiger partial charge in [-0.2, -0.15) is 10.2 Å². The van der Waals surface area contributed by atoms with E-state index >= 15 is 0 Å². The fourth-order valence-corrected chi connectivity index (χ4v) is 2.23. The number of aromatic nitrogens is 4. The van der Waals surface area contributed by atoms with Crippen LogP contribution in [0.2, 0.25) is 0 Å². The molecule has 0 unspecified atom stereocenters. The molecule has 0 aliphatic carbocycles. The summed E-state index contributed by atoms with van der Waals surface area (Å²) in [6.45, 7) is 6.42. The van der Waals surface area contributed by atoms with Crippen molar-refractivity contribution >= 4 is 0 Å². The number of nitrogens with one attached hydrogen (secondary N) is 2. The minimum absolute atomic E-state index is 0.742. The van der Waals surface area contributed by atoms with Gasteiger partial charge in [-0.05, 0) is 31.5 Å². The van der Waals surface area contributed by atoms with Crippen LogP contribution < -0.4 is 5.32 Å². The molecule has 3 aromatic rings. The van der Waals surface area contributed by atoms with E-state index in [-0.39, 0.29) is 0 Å². The fourth-order valence-electron chi connectivity index (χ4n) is 2.23. The van der Waals surface area contributed by atoms with E-state index in [0.717, 1.165) is 42.4 Å². The molecule has 21 heavy (non-hydrogen) atoms. The molecule has 6 nitrogen and oxygen atoms in total. The highest BCUT2D eigenvalue weighted by atomic mass is 16.3. The summed E-state index contributed by atoms with van der Waals surface area (Å²) in [7, 11) is 0. The molecule has 0 aliphatic heterocycles. The third-order valence-corrected chi connectivity index (χ3v) is 3.30. The highest BCUT2D eigenvalue weighted by Gasteiger charge is 2.10. The Labute approximate surface area is 123 Å². The highest BCUT2D eigenvalue weighted by Crippen LogP contribution is 2.23. The van der Waals surface area contributed by atoms with Crippen molar-refractivity contribution < 1.29 is 4.42 Å². The van der Waals surface area contributed by atoms with E-state index in [4.69, 9.17) is 4.42 Å². The van der Waals surface area contributed by atoms with E-state index in [1.807, 2.05) is 49.3 Å². The molecule has 2 N–H and O–H groups in total. The quantitative estimate of drug-likeness (QED) is 0.682. The minimum atomic E-state index is 0.742. The van der Waals surface area contributed by atoms with E-state index in [1.54, 1.807) is 0 Å². The first-order chi connectivity index (χ1) is 10.2. The second-order valence-electron chi connectivity index (χ2n) is 5.14. The van der Waals surface area contributed by atoms with Crippen LogP contribution in [0.4, 0.5) is 0 Å². The van der Waals surface area contributed by atoms with E-state index in [9.17, 15) is 0 Å². The molecular weight excluding hydrogens is 266 g/mol. The van der Waals surface area contributed by atoms with Gasteiger partial charge in [0.1, 0.15) is 11.5 Å². The molecule has 6 heteroatoms. The zero-order chi connectivity index (χ0) is 14.7. The van der Waals surface area contributed by atoms with Crippen LogP contribution in [0.5, 0.6) is 0 Å². The predicted octanol–water partition coefficient (Wildman–Crippen LogP) is 2.27. The molecule has 0 fully saturated rings. The van der Waals surface area contributed by atoms with Crippen molar-refractivity contribution in [2.24, 2.45) is 0 Å². The Kier molecular flexibility index (Phi) is 3.87. The lowest BCUT2D eigenvalue weighted by Gasteiger charge is -2.05. The van der Waals surface area contributed by atoms with Gasteiger partial charge in [-0.3, -0.25) is 9.78 Å². The molecule has 0 radical (unpaired) electrons. The molecule has 3 rings (SSSR count). The summed E-state index contributed by atoms with van der Waals surface area (Å²) in [5.74, 6) is 1.72. The van der Waals surface area contributed by atoms with Gasteiger partial charge in [0.2, 0.25) is 0 Å². The van der Waals surface area contributed by atoms with E-state index < -0.39 is 0 Å². The van der Waals surface area contributed by atoms with Gasteiger partial charge < -0.3 is 9.73 Å². The number of H-pyrrole nitrogens is 1. The van der Waals surface area contributed by atoms with Crippen molar-refractivity contribution in [2.75, 3.05) is 6.54 Å². The van der Waals surface area contributed by atoms with Gasteiger partial charge in [-0.1, -0.05) is 0 Å². The molecular formula is C15H19N5O. The van der Waals surface area contributed by atoms with Crippen LogP contribution in [0, 0.1) is 13.8 Å². The first kappa shape index (κ1) is 13.6. The standard InChI is InChI=1S/C15H19N5O/c1-11-7-18-20(10-11)6-5-16-8-13-9-17-19-15(13)14-4-3-12(2)21-14/h3-4,7,9-10,16H,5-6,8H2,1-2H3,(H,17,19). The Morgan fingerprint density at radius 2 is 2.19 bits per heavy atom. The monoisotopic (exact) mass is 285 g/mol. The van der Waals surface area contributed by atoms with Gasteiger partial charge in [0.05, 0.1) is 18.9 Å². The Bertz CT molecular complexity index is 709. The van der Waals surface area contributed by atoms with Crippen LogP contribution in [0.25, 0.3) is 11.5 Å². The first-order valence-corrected chi connectivity index (χ1v) is 7.01. The number of nitrogens with zero attached hydrogens (tertiary/aromatic N) is 3. The normalized spacial score (nSPS) is 11.1. The second kappa shape index (κ2) is 5.97. The number of aromatic amines is 1. The number of hydrogen-bond donors (Lipinski definition) is 2. The molecule has 0 amide bonds. The summed E-state index contributed by atoms with van der Waals surface area (Å²) < 4.78 is 7.57. The van der Waals surface area contributed by atoms with Gasteiger partial charge in [0, 0.05) is 24.8 Å². The molecule has 0 bridgehead atoms. The number of furan rings is 1. The Morgan fingerprint density at radius 3 is 2.90 bits per heavy atom. The van der Waals surface area contributed by atoms with Crippen LogP contribution in [-0.4, -0.2) is 26.5 Å². The smallest absolute Gasteiger partial charge is 0.152 e. The topological polar surface area (TPSA) is 71.7 Å². The van der Waals surface area contributed by atoms with Crippen molar-refractivity contribution in [3.05, 3.63) is 47.6 Å². The minimum Gasteiger partial charge on any atom is -0.460 e. The maximum atomic E-state index is 5.63. The summed E-state index contributed by atoms with van der Waals surface area (Å²) in [6, 6.07) is 3.91. The first-order valence-electron chi connectivity index (χ1n) is 7.01. The number of aryl methyl sites for hydroxylation is 2. The Balaban J connectivity index is 1.55. The predicted molar refractivity (Wildman–Crippen MR) is 79.7 cm³/mol. The largest absolute Gasteiger partial charge is 0.460 e. The molecule has 0 saturated heterocycles. The van der Waals surface area contributed by atoms with Crippen molar-refractivity contribution in [3.63, 3.8) is 0 Å². The summed E-state index contributed by atoms with van der Waals surface area (Å²) >= 11 is 0. The molecule has 0 saturated carbocycles. The number of rotatable bonds is 6. The van der Waals surface area contributed by atoms with Crippen LogP contribution in [0.15, 0.2) is 35.1 Å². The van der Waals surface area contributed by atoms with Crippen LogP contribution in [-0.2, 0) is 13.1 Å². The number of hydrogen-bond acceptors (Lipinski definition) is 4. The van der Waals surface area contributed by atoms with Crippen molar-refractivity contribution in [1.29, 1.82) is 0 Å².